The Kier molecular flexibility index (Phi) is 9.68. The van der Waals surface area contributed by atoms with Crippen molar-refractivity contribution in [2.75, 3.05) is 4.72 Å². The third-order valence-corrected chi connectivity index (χ3v) is 2.72. The lowest BCUT2D eigenvalue weighted by Gasteiger charge is -2.08. The molecule has 1 aromatic heterocycles. The molecule has 0 aliphatic heterocycles. The summed E-state index contributed by atoms with van der Waals surface area (Å²) in [7, 11) is 0. The fraction of sp³-hybridized carbons (Fsp3) is 0.267. The molecular formula is C15H21ClN2OS. The van der Waals surface area contributed by atoms with Crippen LogP contribution in [0, 0.1) is 0 Å². The van der Waals surface area contributed by atoms with E-state index in [9.17, 15) is 4.79 Å². The second-order valence-corrected chi connectivity index (χ2v) is 3.82. The number of rotatable bonds is 2. The predicted octanol–water partition coefficient (Wildman–Crippen LogP) is 4.80. The zero-order valence-electron chi connectivity index (χ0n) is 12.2. The third-order valence-electron chi connectivity index (χ3n) is 2.16. The van der Waals surface area contributed by atoms with Crippen molar-refractivity contribution in [3.8, 4) is 5.69 Å². The second kappa shape index (κ2) is 10.4. The maximum atomic E-state index is 11.6. The smallest absolute Gasteiger partial charge is 0.255 e. The lowest BCUT2D eigenvalue weighted by atomic mass is 10.2. The molecule has 0 aliphatic rings. The summed E-state index contributed by atoms with van der Waals surface area (Å²) in [6, 6.07) is 10.2. The Hall–Kier alpha value is -1.39. The zero-order valence-corrected chi connectivity index (χ0v) is 13.9. The molecule has 0 spiro atoms. The van der Waals surface area contributed by atoms with Gasteiger partial charge in [-0.25, -0.2) is 0 Å². The molecule has 1 heterocycles. The van der Waals surface area contributed by atoms with Crippen molar-refractivity contribution in [3.05, 3.63) is 58.0 Å². The van der Waals surface area contributed by atoms with Crippen molar-refractivity contribution in [2.24, 2.45) is 0 Å². The molecule has 3 nitrogen and oxygen atoms in total. The quantitative estimate of drug-likeness (QED) is 0.781. The van der Waals surface area contributed by atoms with E-state index in [0.29, 0.717) is 10.7 Å². The number of thiol groups is 1. The van der Waals surface area contributed by atoms with Gasteiger partial charge in [0.25, 0.3) is 5.56 Å². The number of pyridine rings is 1. The Balaban J connectivity index is 0.000000829. The molecule has 0 bridgehead atoms. The first-order chi connectivity index (χ1) is 9.72. The van der Waals surface area contributed by atoms with Crippen LogP contribution in [0.4, 0.5) is 5.69 Å². The van der Waals surface area contributed by atoms with Gasteiger partial charge in [0, 0.05) is 18.0 Å². The van der Waals surface area contributed by atoms with Crippen LogP contribution in [0.25, 0.3) is 5.69 Å². The number of hydrogen-bond donors (Lipinski definition) is 2. The highest BCUT2D eigenvalue weighted by Crippen LogP contribution is 2.23. The van der Waals surface area contributed by atoms with Gasteiger partial charge < -0.3 is 4.72 Å². The van der Waals surface area contributed by atoms with Crippen LogP contribution in [-0.2, 0) is 0 Å². The third kappa shape index (κ3) is 4.94. The number of anilines is 1. The summed E-state index contributed by atoms with van der Waals surface area (Å²) in [5.41, 5.74) is 1.32. The van der Waals surface area contributed by atoms with Gasteiger partial charge in [-0.3, -0.25) is 9.36 Å². The molecule has 0 amide bonds. The molecule has 0 unspecified atom stereocenters. The molecular weight excluding hydrogens is 292 g/mol. The number of halogens is 1. The predicted molar refractivity (Wildman–Crippen MR) is 92.4 cm³/mol. The molecule has 110 valence electrons. The Morgan fingerprint density at radius 2 is 1.75 bits per heavy atom. The lowest BCUT2D eigenvalue weighted by Crippen LogP contribution is -2.15. The Bertz CT molecular complexity index is 570. The Labute approximate surface area is 131 Å². The van der Waals surface area contributed by atoms with Crippen LogP contribution in [0.3, 0.4) is 0 Å². The van der Waals surface area contributed by atoms with E-state index in [-0.39, 0.29) is 5.56 Å². The minimum atomic E-state index is -0.115. The van der Waals surface area contributed by atoms with Crippen LogP contribution in [-0.4, -0.2) is 4.57 Å². The molecule has 1 aromatic carbocycles. The summed E-state index contributed by atoms with van der Waals surface area (Å²) in [5.74, 6) is 0. The van der Waals surface area contributed by atoms with E-state index in [2.05, 4.69) is 17.5 Å². The summed E-state index contributed by atoms with van der Waals surface area (Å²) in [6.07, 6.45) is 1.68. The Morgan fingerprint density at radius 1 is 1.10 bits per heavy atom. The minimum absolute atomic E-state index is 0.115. The molecule has 1 N–H and O–H groups in total. The van der Waals surface area contributed by atoms with Crippen LogP contribution in [0.15, 0.2) is 47.4 Å². The molecule has 0 radical (unpaired) electrons. The van der Waals surface area contributed by atoms with Crippen molar-refractivity contribution in [3.63, 3.8) is 0 Å². The van der Waals surface area contributed by atoms with Gasteiger partial charge in [-0.1, -0.05) is 58.2 Å². The molecule has 0 saturated heterocycles. The Morgan fingerprint density at radius 3 is 2.25 bits per heavy atom. The van der Waals surface area contributed by atoms with Gasteiger partial charge in [-0.2, -0.15) is 0 Å². The van der Waals surface area contributed by atoms with E-state index < -0.39 is 0 Å². The van der Waals surface area contributed by atoms with Gasteiger partial charge in [0.2, 0.25) is 0 Å². The largest absolute Gasteiger partial charge is 0.332 e. The first-order valence-corrected chi connectivity index (χ1v) is 7.42. The fourth-order valence-corrected chi connectivity index (χ4v) is 1.81. The van der Waals surface area contributed by atoms with Gasteiger partial charge in [0.15, 0.2) is 0 Å². The van der Waals surface area contributed by atoms with Gasteiger partial charge in [0.1, 0.15) is 0 Å². The molecule has 0 fully saturated rings. The average molecular weight is 313 g/mol. The maximum Gasteiger partial charge on any atom is 0.255 e. The minimum Gasteiger partial charge on any atom is -0.332 e. The van der Waals surface area contributed by atoms with Crippen LogP contribution >= 0.6 is 24.4 Å². The van der Waals surface area contributed by atoms with Crippen LogP contribution < -0.4 is 10.3 Å². The van der Waals surface area contributed by atoms with Crippen molar-refractivity contribution in [1.29, 1.82) is 0 Å². The van der Waals surface area contributed by atoms with E-state index in [4.69, 9.17) is 11.6 Å². The first-order valence-electron chi connectivity index (χ1n) is 6.60. The molecule has 5 heteroatoms. The summed E-state index contributed by atoms with van der Waals surface area (Å²) >= 11 is 10.0. The topological polar surface area (TPSA) is 34.0 Å². The molecule has 0 saturated carbocycles. The van der Waals surface area contributed by atoms with Crippen molar-refractivity contribution >= 4 is 30.1 Å². The fourth-order valence-electron chi connectivity index (χ4n) is 1.40. The number of hydrogen-bond acceptors (Lipinski definition) is 3. The molecule has 2 aromatic rings. The highest BCUT2D eigenvalue weighted by molar-refractivity contribution is 7.81. The summed E-state index contributed by atoms with van der Waals surface area (Å²) in [4.78, 5) is 11.6. The lowest BCUT2D eigenvalue weighted by molar-refractivity contribution is 0.991. The summed E-state index contributed by atoms with van der Waals surface area (Å²) in [6.45, 7) is 8.00. The van der Waals surface area contributed by atoms with Crippen LogP contribution in [0.5, 0.6) is 0 Å². The van der Waals surface area contributed by atoms with E-state index in [1.807, 2.05) is 27.7 Å². The van der Waals surface area contributed by atoms with Crippen molar-refractivity contribution < 1.29 is 0 Å². The average Bonchev–Trinajstić information content (AvgIpc) is 2.52. The normalized spacial score (nSPS) is 8.70. The number of aromatic nitrogens is 1. The van der Waals surface area contributed by atoms with E-state index in [1.165, 1.54) is 10.6 Å². The molecule has 0 atom stereocenters. The second-order valence-electron chi connectivity index (χ2n) is 3.19. The number of benzene rings is 1. The summed E-state index contributed by atoms with van der Waals surface area (Å²) in [5, 5.41) is 0.493. The highest BCUT2D eigenvalue weighted by atomic mass is 35.5. The molecule has 20 heavy (non-hydrogen) atoms. The van der Waals surface area contributed by atoms with E-state index in [1.54, 1.807) is 36.5 Å². The highest BCUT2D eigenvalue weighted by Gasteiger charge is 2.04. The van der Waals surface area contributed by atoms with Gasteiger partial charge in [-0.15, -0.1) is 0 Å². The van der Waals surface area contributed by atoms with Crippen LogP contribution in [0.1, 0.15) is 27.7 Å². The van der Waals surface area contributed by atoms with E-state index in [0.717, 1.165) is 5.69 Å². The molecule has 2 rings (SSSR count). The van der Waals surface area contributed by atoms with Gasteiger partial charge >= 0.3 is 0 Å². The van der Waals surface area contributed by atoms with Gasteiger partial charge in [-0.05, 0) is 24.3 Å². The van der Waals surface area contributed by atoms with E-state index >= 15 is 0 Å². The first kappa shape index (κ1) is 18.6. The standard InChI is InChI=1S/C11H9ClN2OS.2C2H6/c12-9-7-8(13-16)4-5-10(9)14-6-2-1-3-11(14)15;2*1-2/h1-7,13,16H;2*1-2H3. The summed E-state index contributed by atoms with van der Waals surface area (Å²) < 4.78 is 4.17. The zero-order chi connectivity index (χ0) is 15.5. The maximum absolute atomic E-state index is 11.6. The number of nitrogens with one attached hydrogen (secondary N) is 1. The number of nitrogens with zero attached hydrogens (tertiary/aromatic N) is 1. The monoisotopic (exact) mass is 312 g/mol. The van der Waals surface area contributed by atoms with Crippen molar-refractivity contribution in [2.45, 2.75) is 27.7 Å². The molecule has 0 aliphatic carbocycles. The van der Waals surface area contributed by atoms with Crippen LogP contribution in [0.2, 0.25) is 5.02 Å². The van der Waals surface area contributed by atoms with Crippen molar-refractivity contribution in [1.82, 2.24) is 4.57 Å². The SMILES string of the molecule is CC.CC.O=c1ccccn1-c1ccc(NS)cc1Cl. The van der Waals surface area contributed by atoms with Gasteiger partial charge in [0.05, 0.1) is 10.7 Å².